The minimum absolute atomic E-state index is 0.471. The van der Waals surface area contributed by atoms with Crippen LogP contribution in [-0.4, -0.2) is 9.82 Å². The molecule has 1 aliphatic rings. The molecule has 0 saturated heterocycles. The molecule has 1 unspecified atom stereocenters. The van der Waals surface area contributed by atoms with Crippen molar-refractivity contribution in [1.29, 1.82) is 0 Å². The van der Waals surface area contributed by atoms with E-state index in [1.54, 1.807) is 0 Å². The Morgan fingerprint density at radius 3 is 1.74 bits per heavy atom. The van der Waals surface area contributed by atoms with Crippen LogP contribution in [-0.2, 0) is 6.54 Å². The van der Waals surface area contributed by atoms with Crippen molar-refractivity contribution in [2.24, 2.45) is 0 Å². The lowest BCUT2D eigenvalue weighted by molar-refractivity contribution is 0.899. The molecular weight excluding hydrogens is 659 g/mol. The lowest BCUT2D eigenvalue weighted by atomic mass is 9.91. The molecule has 1 aliphatic heterocycles. The maximum Gasteiger partial charge on any atom is 0.0494 e. The molecule has 9 aromatic rings. The van der Waals surface area contributed by atoms with E-state index in [9.17, 15) is 0 Å². The molecule has 1 nitrogen and oxygen atoms in total. The van der Waals surface area contributed by atoms with E-state index in [0.717, 1.165) is 6.54 Å². The predicted octanol–water partition coefficient (Wildman–Crippen LogP) is 14.7. The molecule has 8 aromatic carbocycles. The highest BCUT2D eigenvalue weighted by Gasteiger charge is 2.22. The Labute approximate surface area is 315 Å². The molecule has 0 spiro atoms. The maximum atomic E-state index is 2.45. The molecule has 256 valence electrons. The summed E-state index contributed by atoms with van der Waals surface area (Å²) >= 11 is 1.95. The van der Waals surface area contributed by atoms with Gasteiger partial charge in [-0.15, -0.1) is 11.8 Å². The van der Waals surface area contributed by atoms with Crippen molar-refractivity contribution in [2.75, 3.05) is 0 Å². The first kappa shape index (κ1) is 33.0. The zero-order chi connectivity index (χ0) is 35.9. The first-order valence-corrected chi connectivity index (χ1v) is 19.7. The molecule has 2 heteroatoms. The zero-order valence-corrected chi connectivity index (χ0v) is 31.2. The van der Waals surface area contributed by atoms with E-state index in [1.807, 2.05) is 25.6 Å². The molecule has 0 fully saturated rings. The summed E-state index contributed by atoms with van der Waals surface area (Å²) in [5.74, 6) is 0. The fourth-order valence-electron chi connectivity index (χ4n) is 8.24. The second kappa shape index (κ2) is 14.0. The minimum atomic E-state index is 0.471. The van der Waals surface area contributed by atoms with Crippen molar-refractivity contribution in [3.05, 3.63) is 182 Å². The molecule has 0 N–H and O–H groups in total. The Kier molecular flexibility index (Phi) is 8.70. The largest absolute Gasteiger partial charge is 0.337 e. The highest BCUT2D eigenvalue weighted by atomic mass is 32.2. The molecule has 0 saturated carbocycles. The van der Waals surface area contributed by atoms with E-state index in [4.69, 9.17) is 0 Å². The molecular formula is C51H41NS. The second-order valence-corrected chi connectivity index (χ2v) is 15.0. The summed E-state index contributed by atoms with van der Waals surface area (Å²) in [6.45, 7) is 7.12. The van der Waals surface area contributed by atoms with Gasteiger partial charge in [-0.2, -0.15) is 0 Å². The van der Waals surface area contributed by atoms with Crippen LogP contribution < -0.4 is 0 Å². The van der Waals surface area contributed by atoms with Gasteiger partial charge < -0.3 is 4.57 Å². The number of nitrogens with zero attached hydrogens (tertiary/aromatic N) is 1. The summed E-state index contributed by atoms with van der Waals surface area (Å²) in [4.78, 5) is 1.38. The number of benzene rings is 8. The highest BCUT2D eigenvalue weighted by Crippen LogP contribution is 2.44. The Balaban J connectivity index is 0.00000183. The van der Waals surface area contributed by atoms with Crippen LogP contribution in [0.2, 0.25) is 0 Å². The van der Waals surface area contributed by atoms with Crippen molar-refractivity contribution in [3.8, 4) is 22.3 Å². The van der Waals surface area contributed by atoms with Crippen LogP contribution in [0.25, 0.3) is 82.0 Å². The summed E-state index contributed by atoms with van der Waals surface area (Å²) in [5, 5.41) is 10.9. The Morgan fingerprint density at radius 1 is 0.491 bits per heavy atom. The highest BCUT2D eigenvalue weighted by molar-refractivity contribution is 8.00. The number of allylic oxidation sites excluding steroid dienone is 3. The number of thioether (sulfide) groups is 1. The van der Waals surface area contributed by atoms with Crippen molar-refractivity contribution >= 4 is 71.5 Å². The van der Waals surface area contributed by atoms with Gasteiger partial charge >= 0.3 is 0 Å². The molecule has 53 heavy (non-hydrogen) atoms. The Morgan fingerprint density at radius 2 is 1.02 bits per heavy atom. The third kappa shape index (κ3) is 5.75. The predicted molar refractivity (Wildman–Crippen MR) is 233 cm³/mol. The van der Waals surface area contributed by atoms with Crippen LogP contribution >= 0.6 is 11.8 Å². The smallest absolute Gasteiger partial charge is 0.0494 e. The number of fused-ring (bicyclic) bond motifs is 10. The summed E-state index contributed by atoms with van der Waals surface area (Å²) < 4.78 is 2.45. The molecule has 1 atom stereocenters. The molecule has 0 aliphatic carbocycles. The van der Waals surface area contributed by atoms with Gasteiger partial charge in [-0.3, -0.25) is 0 Å². The van der Waals surface area contributed by atoms with Crippen LogP contribution in [0.1, 0.15) is 26.3 Å². The monoisotopic (exact) mass is 699 g/mol. The molecule has 0 amide bonds. The van der Waals surface area contributed by atoms with Crippen molar-refractivity contribution < 1.29 is 0 Å². The maximum absolute atomic E-state index is 2.45. The third-order valence-corrected chi connectivity index (χ3v) is 11.9. The van der Waals surface area contributed by atoms with E-state index in [2.05, 4.69) is 187 Å². The topological polar surface area (TPSA) is 4.93 Å². The van der Waals surface area contributed by atoms with Gasteiger partial charge in [0.2, 0.25) is 0 Å². The van der Waals surface area contributed by atoms with E-state index in [0.29, 0.717) is 5.25 Å². The SMILES string of the molecule is CC.CC1Sc2ccccc2/C1=C/C=C\Cn1c2ccccc2c2cc(-c3cccc(-c4ccc5c6ccccc6c6ccccc6c5c4)c3)ccc21. The van der Waals surface area contributed by atoms with E-state index in [-0.39, 0.29) is 0 Å². The first-order valence-electron chi connectivity index (χ1n) is 18.8. The second-order valence-electron chi connectivity index (χ2n) is 13.6. The van der Waals surface area contributed by atoms with Gasteiger partial charge in [0.25, 0.3) is 0 Å². The van der Waals surface area contributed by atoms with Gasteiger partial charge in [0.05, 0.1) is 0 Å². The summed E-state index contributed by atoms with van der Waals surface area (Å²) in [5.41, 5.74) is 10.2. The van der Waals surface area contributed by atoms with Gasteiger partial charge in [-0.25, -0.2) is 0 Å². The normalized spacial score (nSPS) is 14.8. The van der Waals surface area contributed by atoms with Crippen LogP contribution in [0.4, 0.5) is 0 Å². The van der Waals surface area contributed by atoms with Crippen molar-refractivity contribution in [2.45, 2.75) is 37.5 Å². The Hall–Kier alpha value is -5.83. The third-order valence-electron chi connectivity index (χ3n) is 10.7. The summed E-state index contributed by atoms with van der Waals surface area (Å²) in [7, 11) is 0. The van der Waals surface area contributed by atoms with Gasteiger partial charge in [-0.05, 0) is 109 Å². The number of rotatable bonds is 5. The van der Waals surface area contributed by atoms with Crippen LogP contribution in [0, 0.1) is 0 Å². The lowest BCUT2D eigenvalue weighted by Crippen LogP contribution is -1.95. The van der Waals surface area contributed by atoms with Crippen LogP contribution in [0.15, 0.2) is 181 Å². The van der Waals surface area contributed by atoms with Crippen molar-refractivity contribution in [3.63, 3.8) is 0 Å². The minimum Gasteiger partial charge on any atom is -0.337 e. The number of hydrogen-bond donors (Lipinski definition) is 0. The Bertz CT molecular complexity index is 2850. The molecule has 0 bridgehead atoms. The fraction of sp³-hybridized carbons (Fsp3) is 0.0980. The van der Waals surface area contributed by atoms with Crippen LogP contribution in [0.3, 0.4) is 0 Å². The quantitative estimate of drug-likeness (QED) is 0.162. The van der Waals surface area contributed by atoms with Crippen molar-refractivity contribution in [1.82, 2.24) is 4.57 Å². The van der Waals surface area contributed by atoms with Gasteiger partial charge in [0.1, 0.15) is 0 Å². The summed E-state index contributed by atoms with van der Waals surface area (Å²) in [6, 6.07) is 58.1. The molecule has 1 aromatic heterocycles. The van der Waals surface area contributed by atoms with Gasteiger partial charge in [-0.1, -0.05) is 153 Å². The van der Waals surface area contributed by atoms with E-state index >= 15 is 0 Å². The molecule has 2 heterocycles. The first-order chi connectivity index (χ1) is 26.2. The van der Waals surface area contributed by atoms with Gasteiger partial charge in [0, 0.05) is 38.5 Å². The average Bonchev–Trinajstić information content (AvgIpc) is 3.72. The van der Waals surface area contributed by atoms with E-state index < -0.39 is 0 Å². The standard InChI is InChI=1S/C49H35NS.C2H6/c1-32-37(44-21-7-9-23-49(44)51-32)15-10-11-28-50-47-22-8-6-20-43(47)46-31-36(25-27-48(46)50)34-14-12-13-33(29-34)35-24-26-42-40-18-3-2-16-38(40)39-17-4-5-19-41(39)45(42)30-35;1-2/h2-27,29-32H,28H2,1H3;1-2H3/b11-10-,37-15+;. The number of para-hydroxylation sites is 1. The summed E-state index contributed by atoms with van der Waals surface area (Å²) in [6.07, 6.45) is 6.85. The lowest BCUT2D eigenvalue weighted by Gasteiger charge is -2.12. The zero-order valence-electron chi connectivity index (χ0n) is 30.4. The van der Waals surface area contributed by atoms with Crippen LogP contribution in [0.5, 0.6) is 0 Å². The van der Waals surface area contributed by atoms with E-state index in [1.165, 1.54) is 92.4 Å². The number of hydrogen-bond acceptors (Lipinski definition) is 1. The average molecular weight is 700 g/mol. The van der Waals surface area contributed by atoms with Gasteiger partial charge in [0.15, 0.2) is 0 Å². The molecule has 0 radical (unpaired) electrons. The fourth-order valence-corrected chi connectivity index (χ4v) is 9.42. The molecule has 10 rings (SSSR count). The number of aromatic nitrogens is 1.